The minimum absolute atomic E-state index is 0.196. The van der Waals surface area contributed by atoms with Crippen LogP contribution < -0.4 is 0 Å². The maximum Gasteiger partial charge on any atom is 0.177 e. The van der Waals surface area contributed by atoms with Crippen LogP contribution in [0, 0.1) is 18.8 Å². The van der Waals surface area contributed by atoms with Gasteiger partial charge in [0, 0.05) is 5.69 Å². The first-order valence-corrected chi connectivity index (χ1v) is 8.87. The van der Waals surface area contributed by atoms with Crippen molar-refractivity contribution in [3.63, 3.8) is 0 Å². The summed E-state index contributed by atoms with van der Waals surface area (Å²) in [6.07, 6.45) is 2.97. The summed E-state index contributed by atoms with van der Waals surface area (Å²) >= 11 is 0. The fourth-order valence-corrected chi connectivity index (χ4v) is 2.85. The van der Waals surface area contributed by atoms with E-state index in [9.17, 15) is 0 Å². The van der Waals surface area contributed by atoms with Crippen LogP contribution in [-0.2, 0) is 16.1 Å². The van der Waals surface area contributed by atoms with Crippen LogP contribution in [0.25, 0.3) is 0 Å². The van der Waals surface area contributed by atoms with Crippen LogP contribution in [0.5, 0.6) is 0 Å². The second-order valence-electron chi connectivity index (χ2n) is 6.19. The van der Waals surface area contributed by atoms with Gasteiger partial charge in [-0.3, -0.25) is 4.98 Å². The van der Waals surface area contributed by atoms with E-state index in [0.29, 0.717) is 11.4 Å². The van der Waals surface area contributed by atoms with Gasteiger partial charge in [-0.15, -0.1) is 0 Å². The lowest BCUT2D eigenvalue weighted by Gasteiger charge is -2.16. The van der Waals surface area contributed by atoms with Crippen molar-refractivity contribution in [2.45, 2.75) is 33.1 Å². The Kier molecular flexibility index (Phi) is 6.16. The molecule has 27 heavy (non-hydrogen) atoms. The maximum atomic E-state index is 5.41. The summed E-state index contributed by atoms with van der Waals surface area (Å²) in [6.45, 7) is 4.01. The molecule has 6 heteroatoms. The fraction of sp³-hybridized carbons (Fsp3) is 0.333. The zero-order valence-corrected chi connectivity index (χ0v) is 15.8. The van der Waals surface area contributed by atoms with Crippen molar-refractivity contribution in [3.8, 4) is 11.8 Å². The quantitative estimate of drug-likeness (QED) is 0.362. The Morgan fingerprint density at radius 3 is 2.93 bits per heavy atom. The Morgan fingerprint density at radius 1 is 1.19 bits per heavy atom. The van der Waals surface area contributed by atoms with Crippen molar-refractivity contribution in [1.29, 1.82) is 0 Å². The molecule has 0 aromatic carbocycles. The molecule has 2 heterocycles. The molecular formula is C21H22N4O2. The van der Waals surface area contributed by atoms with Crippen molar-refractivity contribution in [2.24, 2.45) is 10.3 Å². The molecule has 0 amide bonds. The van der Waals surface area contributed by atoms with Gasteiger partial charge in [0.1, 0.15) is 24.2 Å². The van der Waals surface area contributed by atoms with Gasteiger partial charge in [-0.25, -0.2) is 4.98 Å². The summed E-state index contributed by atoms with van der Waals surface area (Å²) in [5.41, 5.74) is 6.14. The van der Waals surface area contributed by atoms with Gasteiger partial charge in [0.15, 0.2) is 6.61 Å². The van der Waals surface area contributed by atoms with E-state index >= 15 is 0 Å². The predicted molar refractivity (Wildman–Crippen MR) is 105 cm³/mol. The average Bonchev–Trinajstić information content (AvgIpc) is 2.68. The van der Waals surface area contributed by atoms with E-state index in [1.54, 1.807) is 0 Å². The molecule has 0 N–H and O–H groups in total. The Morgan fingerprint density at radius 2 is 2.07 bits per heavy atom. The third kappa shape index (κ3) is 4.91. The lowest BCUT2D eigenvalue weighted by Crippen LogP contribution is -2.15. The second-order valence-corrected chi connectivity index (χ2v) is 6.19. The molecule has 0 bridgehead atoms. The van der Waals surface area contributed by atoms with E-state index in [2.05, 4.69) is 38.2 Å². The number of rotatable bonds is 4. The smallest absolute Gasteiger partial charge is 0.177 e. The summed E-state index contributed by atoms with van der Waals surface area (Å²) < 4.78 is 0. The van der Waals surface area contributed by atoms with Crippen molar-refractivity contribution >= 4 is 11.4 Å². The molecule has 6 nitrogen and oxygen atoms in total. The van der Waals surface area contributed by atoms with Crippen LogP contribution >= 0.6 is 0 Å². The number of hydrogen-bond acceptors (Lipinski definition) is 6. The van der Waals surface area contributed by atoms with E-state index in [1.807, 2.05) is 38.1 Å². The highest BCUT2D eigenvalue weighted by Crippen LogP contribution is 2.20. The largest absolute Gasteiger partial charge is 0.399 e. The van der Waals surface area contributed by atoms with Crippen LogP contribution in [0.1, 0.15) is 48.1 Å². The monoisotopic (exact) mass is 362 g/mol. The Hall–Kier alpha value is -3.20. The number of nitrogens with zero attached hydrogens (tertiary/aromatic N) is 4. The van der Waals surface area contributed by atoms with Gasteiger partial charge >= 0.3 is 0 Å². The summed E-state index contributed by atoms with van der Waals surface area (Å²) in [5.74, 6) is 5.92. The molecule has 2 aromatic rings. The predicted octanol–water partition coefficient (Wildman–Crippen LogP) is 3.26. The van der Waals surface area contributed by atoms with E-state index in [0.717, 1.165) is 42.1 Å². The van der Waals surface area contributed by atoms with Gasteiger partial charge in [-0.05, 0) is 62.8 Å². The Labute approximate surface area is 159 Å². The zero-order chi connectivity index (χ0) is 19.1. The van der Waals surface area contributed by atoms with Crippen LogP contribution in [-0.4, -0.2) is 35.1 Å². The molecule has 0 radical (unpaired) electrons. The lowest BCUT2D eigenvalue weighted by atomic mass is 9.94. The van der Waals surface area contributed by atoms with E-state index in [1.165, 1.54) is 12.7 Å². The third-order valence-corrected chi connectivity index (χ3v) is 4.13. The molecule has 0 saturated heterocycles. The minimum Gasteiger partial charge on any atom is -0.399 e. The van der Waals surface area contributed by atoms with Gasteiger partial charge in [-0.2, -0.15) is 0 Å². The number of oxime groups is 2. The number of aryl methyl sites for hydroxylation is 2. The molecule has 0 fully saturated rings. The molecule has 2 aromatic heterocycles. The van der Waals surface area contributed by atoms with E-state index in [4.69, 9.17) is 9.68 Å². The SMILES string of the molecule is CO/N=C(\C)c1cccc(C#CCO/N=C2\CCCc3ccc(C)nc32)n1. The van der Waals surface area contributed by atoms with E-state index < -0.39 is 0 Å². The summed E-state index contributed by atoms with van der Waals surface area (Å²) in [6, 6.07) is 9.75. The van der Waals surface area contributed by atoms with Crippen molar-refractivity contribution in [3.05, 3.63) is 58.7 Å². The molecule has 1 aliphatic rings. The number of pyridine rings is 2. The van der Waals surface area contributed by atoms with Crippen molar-refractivity contribution in [1.82, 2.24) is 9.97 Å². The highest BCUT2D eigenvalue weighted by atomic mass is 16.6. The fourth-order valence-electron chi connectivity index (χ4n) is 2.85. The maximum absolute atomic E-state index is 5.41. The van der Waals surface area contributed by atoms with Crippen LogP contribution in [0.15, 0.2) is 40.6 Å². The molecule has 138 valence electrons. The molecule has 1 aliphatic carbocycles. The zero-order valence-electron chi connectivity index (χ0n) is 15.8. The number of fused-ring (bicyclic) bond motifs is 1. The summed E-state index contributed by atoms with van der Waals surface area (Å²) in [5, 5.41) is 8.14. The minimum atomic E-state index is 0.196. The first-order valence-electron chi connectivity index (χ1n) is 8.87. The van der Waals surface area contributed by atoms with Crippen LogP contribution in [0.2, 0.25) is 0 Å². The molecule has 0 atom stereocenters. The Balaban J connectivity index is 1.64. The second kappa shape index (κ2) is 8.95. The third-order valence-electron chi connectivity index (χ3n) is 4.13. The van der Waals surface area contributed by atoms with Gasteiger partial charge in [0.2, 0.25) is 0 Å². The first-order chi connectivity index (χ1) is 13.2. The standard InChI is InChI=1S/C21H22N4O2/c1-15-12-13-17-7-4-11-20(21(17)22-15)25-27-14-6-9-18-8-5-10-19(23-18)16(2)24-26-3/h5,8,10,12-13H,4,7,11,14H2,1-3H3/b24-16+,25-20+. The number of hydrogen-bond donors (Lipinski definition) is 0. The molecular weight excluding hydrogens is 340 g/mol. The van der Waals surface area contributed by atoms with Gasteiger partial charge in [-0.1, -0.05) is 28.4 Å². The number of aromatic nitrogens is 2. The molecule has 0 aliphatic heterocycles. The van der Waals surface area contributed by atoms with Gasteiger partial charge in [0.05, 0.1) is 11.4 Å². The van der Waals surface area contributed by atoms with Crippen LogP contribution in [0.4, 0.5) is 0 Å². The molecule has 0 unspecified atom stereocenters. The van der Waals surface area contributed by atoms with Crippen molar-refractivity contribution < 1.29 is 9.68 Å². The first kappa shape index (κ1) is 18.6. The highest BCUT2D eigenvalue weighted by Gasteiger charge is 2.17. The molecule has 3 rings (SSSR count). The Bertz CT molecular complexity index is 939. The van der Waals surface area contributed by atoms with Crippen LogP contribution in [0.3, 0.4) is 0 Å². The normalized spacial score (nSPS) is 14.9. The summed E-state index contributed by atoms with van der Waals surface area (Å²) in [4.78, 5) is 19.2. The van der Waals surface area contributed by atoms with Gasteiger partial charge in [0.25, 0.3) is 0 Å². The summed E-state index contributed by atoms with van der Waals surface area (Å²) in [7, 11) is 1.51. The average molecular weight is 362 g/mol. The van der Waals surface area contributed by atoms with E-state index in [-0.39, 0.29) is 6.61 Å². The molecule has 0 spiro atoms. The topological polar surface area (TPSA) is 69.0 Å². The molecule has 0 saturated carbocycles. The highest BCUT2D eigenvalue weighted by molar-refractivity contribution is 6.00. The van der Waals surface area contributed by atoms with Crippen molar-refractivity contribution in [2.75, 3.05) is 13.7 Å². The lowest BCUT2D eigenvalue weighted by molar-refractivity contribution is 0.179. The van der Waals surface area contributed by atoms with Gasteiger partial charge < -0.3 is 9.68 Å².